The zero-order valence-electron chi connectivity index (χ0n) is 13.2. The number of benzene rings is 1. The standard InChI is InChI=1S/C17H14N2O6/c1-9(14(18)20)25-17(23)10-4-5-12-13(7-10)16(22)19(15(12)21)8-11-3-2-6-24-11/h2-7,9H,8H2,1H3,(H2,18,20)/t9-/m0/s1. The number of hydrogen-bond donors (Lipinski definition) is 1. The molecule has 0 radical (unpaired) electrons. The van der Waals surface area contributed by atoms with Gasteiger partial charge in [-0.15, -0.1) is 0 Å². The number of primary amides is 1. The van der Waals surface area contributed by atoms with Crippen LogP contribution in [-0.4, -0.2) is 34.7 Å². The summed E-state index contributed by atoms with van der Waals surface area (Å²) >= 11 is 0. The number of carbonyl (C=O) groups excluding carboxylic acids is 4. The van der Waals surface area contributed by atoms with E-state index in [1.54, 1.807) is 12.1 Å². The van der Waals surface area contributed by atoms with E-state index >= 15 is 0 Å². The Kier molecular flexibility index (Phi) is 4.10. The fourth-order valence-corrected chi connectivity index (χ4v) is 2.41. The highest BCUT2D eigenvalue weighted by Gasteiger charge is 2.36. The van der Waals surface area contributed by atoms with Crippen LogP contribution < -0.4 is 5.73 Å². The summed E-state index contributed by atoms with van der Waals surface area (Å²) in [4.78, 5) is 48.9. The first-order valence-electron chi connectivity index (χ1n) is 7.41. The molecule has 8 heteroatoms. The number of esters is 1. The minimum Gasteiger partial charge on any atom is -0.467 e. The number of rotatable bonds is 5. The van der Waals surface area contributed by atoms with Gasteiger partial charge in [-0.3, -0.25) is 19.3 Å². The van der Waals surface area contributed by atoms with Gasteiger partial charge in [-0.05, 0) is 37.3 Å². The molecule has 0 bridgehead atoms. The number of nitrogens with zero attached hydrogens (tertiary/aromatic N) is 1. The zero-order valence-corrected chi connectivity index (χ0v) is 13.2. The second-order valence-electron chi connectivity index (χ2n) is 5.49. The molecule has 0 spiro atoms. The summed E-state index contributed by atoms with van der Waals surface area (Å²) in [6.07, 6.45) is 0.343. The lowest BCUT2D eigenvalue weighted by Gasteiger charge is -2.11. The molecule has 0 saturated heterocycles. The molecule has 1 aliphatic rings. The third-order valence-corrected chi connectivity index (χ3v) is 3.78. The van der Waals surface area contributed by atoms with Crippen molar-refractivity contribution in [1.82, 2.24) is 4.90 Å². The van der Waals surface area contributed by atoms with Crippen molar-refractivity contribution < 1.29 is 28.3 Å². The molecule has 0 saturated carbocycles. The van der Waals surface area contributed by atoms with E-state index in [1.165, 1.54) is 31.4 Å². The number of ether oxygens (including phenoxy) is 1. The Bertz CT molecular complexity index is 871. The normalized spacial score (nSPS) is 14.4. The van der Waals surface area contributed by atoms with Gasteiger partial charge in [0.2, 0.25) is 0 Å². The Balaban J connectivity index is 1.84. The Morgan fingerprint density at radius 1 is 1.20 bits per heavy atom. The lowest BCUT2D eigenvalue weighted by atomic mass is 10.1. The van der Waals surface area contributed by atoms with Crippen LogP contribution in [0.5, 0.6) is 0 Å². The molecular formula is C17H14N2O6. The number of carbonyl (C=O) groups is 4. The molecule has 1 aromatic carbocycles. The van der Waals surface area contributed by atoms with E-state index in [0.717, 1.165) is 4.90 Å². The maximum Gasteiger partial charge on any atom is 0.338 e. The summed E-state index contributed by atoms with van der Waals surface area (Å²) in [6, 6.07) is 7.31. The fourth-order valence-electron chi connectivity index (χ4n) is 2.41. The number of imide groups is 1. The molecule has 2 N–H and O–H groups in total. The van der Waals surface area contributed by atoms with Crippen LogP contribution in [0, 0.1) is 0 Å². The Hall–Kier alpha value is -3.42. The average molecular weight is 342 g/mol. The molecule has 3 amide bonds. The highest BCUT2D eigenvalue weighted by Crippen LogP contribution is 2.26. The molecule has 0 fully saturated rings. The lowest BCUT2D eigenvalue weighted by molar-refractivity contribution is -0.125. The molecule has 0 unspecified atom stereocenters. The summed E-state index contributed by atoms with van der Waals surface area (Å²) in [6.45, 7) is 1.34. The van der Waals surface area contributed by atoms with Crippen molar-refractivity contribution in [3.05, 3.63) is 59.0 Å². The second kappa shape index (κ2) is 6.23. The first-order chi connectivity index (χ1) is 11.9. The minimum absolute atomic E-state index is 0.00215. The van der Waals surface area contributed by atoms with Crippen LogP contribution in [0.15, 0.2) is 41.0 Å². The third kappa shape index (κ3) is 3.01. The highest BCUT2D eigenvalue weighted by molar-refractivity contribution is 6.21. The summed E-state index contributed by atoms with van der Waals surface area (Å²) < 4.78 is 10.0. The van der Waals surface area contributed by atoms with Crippen molar-refractivity contribution in [3.8, 4) is 0 Å². The quantitative estimate of drug-likeness (QED) is 0.642. The topological polar surface area (TPSA) is 120 Å². The molecule has 2 aromatic rings. The largest absolute Gasteiger partial charge is 0.467 e. The van der Waals surface area contributed by atoms with E-state index in [1.807, 2.05) is 0 Å². The fraction of sp³-hybridized carbons (Fsp3) is 0.176. The van der Waals surface area contributed by atoms with E-state index in [9.17, 15) is 19.2 Å². The molecule has 1 aromatic heterocycles. The van der Waals surface area contributed by atoms with Crippen molar-refractivity contribution in [3.63, 3.8) is 0 Å². The molecule has 25 heavy (non-hydrogen) atoms. The molecule has 2 heterocycles. The highest BCUT2D eigenvalue weighted by atomic mass is 16.5. The van der Waals surface area contributed by atoms with Gasteiger partial charge in [0.05, 0.1) is 29.5 Å². The van der Waals surface area contributed by atoms with Crippen LogP contribution in [0.25, 0.3) is 0 Å². The maximum atomic E-state index is 12.5. The van der Waals surface area contributed by atoms with Crippen molar-refractivity contribution in [2.75, 3.05) is 0 Å². The Morgan fingerprint density at radius 3 is 2.56 bits per heavy atom. The molecule has 0 aliphatic carbocycles. The van der Waals surface area contributed by atoms with Gasteiger partial charge < -0.3 is 14.9 Å². The summed E-state index contributed by atoms with van der Waals surface area (Å²) in [5, 5.41) is 0. The van der Waals surface area contributed by atoms with Crippen molar-refractivity contribution in [2.45, 2.75) is 19.6 Å². The van der Waals surface area contributed by atoms with Crippen LogP contribution in [-0.2, 0) is 16.1 Å². The Labute approximate surface area is 142 Å². The average Bonchev–Trinajstić information content (AvgIpc) is 3.17. The predicted molar refractivity (Wildman–Crippen MR) is 83.4 cm³/mol. The van der Waals surface area contributed by atoms with Gasteiger partial charge in [0.1, 0.15) is 5.76 Å². The Morgan fingerprint density at radius 2 is 1.92 bits per heavy atom. The van der Waals surface area contributed by atoms with E-state index in [2.05, 4.69) is 0 Å². The van der Waals surface area contributed by atoms with Crippen LogP contribution in [0.3, 0.4) is 0 Å². The number of fused-ring (bicyclic) bond motifs is 1. The molecular weight excluding hydrogens is 328 g/mol. The van der Waals surface area contributed by atoms with E-state index in [4.69, 9.17) is 14.9 Å². The van der Waals surface area contributed by atoms with E-state index in [0.29, 0.717) is 5.76 Å². The smallest absolute Gasteiger partial charge is 0.338 e. The summed E-state index contributed by atoms with van der Waals surface area (Å²) in [5.41, 5.74) is 5.38. The van der Waals surface area contributed by atoms with Crippen LogP contribution in [0.4, 0.5) is 0 Å². The molecule has 3 rings (SSSR count). The molecule has 1 aliphatic heterocycles. The van der Waals surface area contributed by atoms with Gasteiger partial charge in [0.15, 0.2) is 6.10 Å². The maximum absolute atomic E-state index is 12.5. The van der Waals surface area contributed by atoms with Crippen LogP contribution >= 0.6 is 0 Å². The van der Waals surface area contributed by atoms with Crippen molar-refractivity contribution in [1.29, 1.82) is 0 Å². The molecule has 8 nitrogen and oxygen atoms in total. The van der Waals surface area contributed by atoms with Gasteiger partial charge in [0, 0.05) is 0 Å². The minimum atomic E-state index is -1.10. The van der Waals surface area contributed by atoms with Crippen LogP contribution in [0.1, 0.15) is 43.8 Å². The van der Waals surface area contributed by atoms with E-state index < -0.39 is 29.8 Å². The van der Waals surface area contributed by atoms with Gasteiger partial charge in [-0.1, -0.05) is 0 Å². The molecule has 1 atom stereocenters. The van der Waals surface area contributed by atoms with Crippen molar-refractivity contribution in [2.24, 2.45) is 5.73 Å². The van der Waals surface area contributed by atoms with Gasteiger partial charge in [-0.2, -0.15) is 0 Å². The first kappa shape index (κ1) is 16.4. The number of hydrogen-bond acceptors (Lipinski definition) is 6. The number of furan rings is 1. The van der Waals surface area contributed by atoms with Crippen molar-refractivity contribution >= 4 is 23.7 Å². The lowest BCUT2D eigenvalue weighted by Crippen LogP contribution is -2.30. The predicted octanol–water partition coefficient (Wildman–Crippen LogP) is 1.11. The number of nitrogens with two attached hydrogens (primary N) is 1. The monoisotopic (exact) mass is 342 g/mol. The third-order valence-electron chi connectivity index (χ3n) is 3.78. The first-order valence-corrected chi connectivity index (χ1v) is 7.41. The van der Waals surface area contributed by atoms with Gasteiger partial charge in [0.25, 0.3) is 17.7 Å². The van der Waals surface area contributed by atoms with Gasteiger partial charge in [-0.25, -0.2) is 4.79 Å². The van der Waals surface area contributed by atoms with Gasteiger partial charge >= 0.3 is 5.97 Å². The zero-order chi connectivity index (χ0) is 18.1. The number of amides is 3. The summed E-state index contributed by atoms with van der Waals surface area (Å²) in [7, 11) is 0. The van der Waals surface area contributed by atoms with E-state index in [-0.39, 0.29) is 23.2 Å². The summed E-state index contributed by atoms with van der Waals surface area (Å²) in [5.74, 6) is -2.13. The second-order valence-corrected chi connectivity index (χ2v) is 5.49. The molecule has 128 valence electrons. The van der Waals surface area contributed by atoms with Crippen LogP contribution in [0.2, 0.25) is 0 Å². The SMILES string of the molecule is C[C@H](OC(=O)c1ccc2c(c1)C(=O)N(Cc1ccco1)C2=O)C(N)=O.